The average Bonchev–Trinajstić information content (AvgIpc) is 3.47. The van der Waals surface area contributed by atoms with Gasteiger partial charge in [-0.05, 0) is 54.7 Å². The van der Waals surface area contributed by atoms with E-state index in [1.165, 1.54) is 12.1 Å². The lowest BCUT2D eigenvalue weighted by Gasteiger charge is -2.07. The lowest BCUT2D eigenvalue weighted by Crippen LogP contribution is -2.26. The number of benzene rings is 2. The molecule has 1 aliphatic carbocycles. The Balaban J connectivity index is 1.43. The molecule has 5 heteroatoms. The zero-order valence-electron chi connectivity index (χ0n) is 13.9. The molecule has 25 heavy (non-hydrogen) atoms. The van der Waals surface area contributed by atoms with E-state index in [4.69, 9.17) is 0 Å². The summed E-state index contributed by atoms with van der Waals surface area (Å²) < 4.78 is 12.8. The number of carbonyl (C=O) groups is 2. The Hall–Kier alpha value is -2.69. The summed E-state index contributed by atoms with van der Waals surface area (Å²) in [7, 11) is 0. The minimum atomic E-state index is -0.263. The van der Waals surface area contributed by atoms with E-state index in [2.05, 4.69) is 10.6 Å². The Bertz CT molecular complexity index is 737. The normalized spacial score (nSPS) is 13.3. The number of amides is 2. The van der Waals surface area contributed by atoms with Crippen LogP contribution in [0.1, 0.15) is 34.3 Å². The van der Waals surface area contributed by atoms with E-state index in [9.17, 15) is 14.0 Å². The van der Waals surface area contributed by atoms with E-state index in [1.54, 1.807) is 24.3 Å². The van der Waals surface area contributed by atoms with Crippen LogP contribution in [0, 0.1) is 11.7 Å². The minimum absolute atomic E-state index is 0.114. The van der Waals surface area contributed by atoms with Gasteiger partial charge in [-0.3, -0.25) is 9.59 Å². The molecule has 1 aliphatic rings. The standard InChI is InChI=1S/C20H21FN2O2/c21-18-9-3-14(4-10-18)11-12-22-19(24)16-5-1-15(2-6-16)13-23-20(25)17-7-8-17/h1-6,9-10,17H,7-8,11-13H2,(H,22,24)(H,23,25). The predicted octanol–water partition coefficient (Wildman–Crippen LogP) is 2.82. The first kappa shape index (κ1) is 17.1. The summed E-state index contributed by atoms with van der Waals surface area (Å²) in [5, 5.41) is 5.75. The van der Waals surface area contributed by atoms with Crippen LogP contribution in [0.5, 0.6) is 0 Å². The molecular weight excluding hydrogens is 319 g/mol. The highest BCUT2D eigenvalue weighted by Crippen LogP contribution is 2.28. The van der Waals surface area contributed by atoms with Gasteiger partial charge in [0.25, 0.3) is 5.91 Å². The molecule has 2 aromatic carbocycles. The van der Waals surface area contributed by atoms with Gasteiger partial charge in [-0.2, -0.15) is 0 Å². The van der Waals surface area contributed by atoms with Crippen molar-refractivity contribution < 1.29 is 14.0 Å². The molecular formula is C20H21FN2O2. The molecule has 1 fully saturated rings. The fourth-order valence-corrected chi connectivity index (χ4v) is 2.53. The third-order valence-corrected chi connectivity index (χ3v) is 4.24. The van der Waals surface area contributed by atoms with Gasteiger partial charge in [-0.25, -0.2) is 4.39 Å². The second kappa shape index (κ2) is 7.92. The molecule has 0 atom stereocenters. The van der Waals surface area contributed by atoms with Gasteiger partial charge in [-0.1, -0.05) is 24.3 Å². The van der Waals surface area contributed by atoms with Crippen molar-refractivity contribution in [3.05, 3.63) is 71.0 Å². The van der Waals surface area contributed by atoms with Crippen LogP contribution in [-0.4, -0.2) is 18.4 Å². The monoisotopic (exact) mass is 340 g/mol. The summed E-state index contributed by atoms with van der Waals surface area (Å²) >= 11 is 0. The topological polar surface area (TPSA) is 58.2 Å². The first-order valence-electron chi connectivity index (χ1n) is 8.51. The first-order chi connectivity index (χ1) is 12.1. The van der Waals surface area contributed by atoms with Crippen molar-refractivity contribution in [1.82, 2.24) is 10.6 Å². The Kier molecular flexibility index (Phi) is 5.43. The number of carbonyl (C=O) groups excluding carboxylic acids is 2. The number of hydrogen-bond donors (Lipinski definition) is 2. The van der Waals surface area contributed by atoms with Crippen molar-refractivity contribution >= 4 is 11.8 Å². The SMILES string of the molecule is O=C(NCCc1ccc(F)cc1)c1ccc(CNC(=O)C2CC2)cc1. The van der Waals surface area contributed by atoms with Gasteiger partial charge in [0.15, 0.2) is 0 Å². The van der Waals surface area contributed by atoms with Gasteiger partial charge in [0.1, 0.15) is 5.82 Å². The molecule has 0 aliphatic heterocycles. The lowest BCUT2D eigenvalue weighted by molar-refractivity contribution is -0.122. The molecule has 1 saturated carbocycles. The summed E-state index contributed by atoms with van der Waals surface area (Å²) in [6, 6.07) is 13.5. The third-order valence-electron chi connectivity index (χ3n) is 4.24. The molecule has 2 amide bonds. The maximum absolute atomic E-state index is 12.8. The van der Waals surface area contributed by atoms with Crippen LogP contribution in [-0.2, 0) is 17.8 Å². The van der Waals surface area contributed by atoms with Crippen LogP contribution in [0.4, 0.5) is 4.39 Å². The highest BCUT2D eigenvalue weighted by atomic mass is 19.1. The lowest BCUT2D eigenvalue weighted by atomic mass is 10.1. The van der Waals surface area contributed by atoms with Crippen LogP contribution in [0.2, 0.25) is 0 Å². The molecule has 0 unspecified atom stereocenters. The molecule has 3 rings (SSSR count). The molecule has 0 spiro atoms. The molecule has 2 N–H and O–H groups in total. The van der Waals surface area contributed by atoms with Crippen molar-refractivity contribution in [2.45, 2.75) is 25.8 Å². The van der Waals surface area contributed by atoms with Crippen molar-refractivity contribution in [2.75, 3.05) is 6.54 Å². The molecule has 0 radical (unpaired) electrons. The maximum atomic E-state index is 12.8. The molecule has 4 nitrogen and oxygen atoms in total. The second-order valence-corrected chi connectivity index (χ2v) is 6.32. The fraction of sp³-hybridized carbons (Fsp3) is 0.300. The molecule has 0 saturated heterocycles. The van der Waals surface area contributed by atoms with Gasteiger partial charge in [0, 0.05) is 24.6 Å². The van der Waals surface area contributed by atoms with E-state index < -0.39 is 0 Å². The van der Waals surface area contributed by atoms with Crippen LogP contribution in [0.15, 0.2) is 48.5 Å². The summed E-state index contributed by atoms with van der Waals surface area (Å²) in [4.78, 5) is 23.7. The minimum Gasteiger partial charge on any atom is -0.352 e. The van der Waals surface area contributed by atoms with E-state index in [1.807, 2.05) is 12.1 Å². The van der Waals surface area contributed by atoms with Crippen molar-refractivity contribution in [2.24, 2.45) is 5.92 Å². The van der Waals surface area contributed by atoms with Crippen molar-refractivity contribution in [3.63, 3.8) is 0 Å². The van der Waals surface area contributed by atoms with E-state index >= 15 is 0 Å². The summed E-state index contributed by atoms with van der Waals surface area (Å²) in [5.41, 5.74) is 2.52. The second-order valence-electron chi connectivity index (χ2n) is 6.32. The van der Waals surface area contributed by atoms with E-state index in [0.29, 0.717) is 25.1 Å². The molecule has 0 aromatic heterocycles. The predicted molar refractivity (Wildman–Crippen MR) is 93.4 cm³/mol. The summed E-state index contributed by atoms with van der Waals surface area (Å²) in [6.45, 7) is 0.978. The number of halogens is 1. The fourth-order valence-electron chi connectivity index (χ4n) is 2.53. The summed E-state index contributed by atoms with van der Waals surface area (Å²) in [5.74, 6) is -0.0920. The van der Waals surface area contributed by atoms with Crippen LogP contribution >= 0.6 is 0 Å². The zero-order valence-corrected chi connectivity index (χ0v) is 13.9. The number of nitrogens with one attached hydrogen (secondary N) is 2. The molecule has 0 bridgehead atoms. The summed E-state index contributed by atoms with van der Waals surface area (Å²) in [6.07, 6.45) is 2.63. The number of hydrogen-bond acceptors (Lipinski definition) is 2. The Morgan fingerprint density at radius 3 is 2.20 bits per heavy atom. The Labute approximate surface area is 146 Å². The van der Waals surface area contributed by atoms with Crippen LogP contribution in [0.3, 0.4) is 0 Å². The van der Waals surface area contributed by atoms with Crippen molar-refractivity contribution in [1.29, 1.82) is 0 Å². The van der Waals surface area contributed by atoms with Crippen LogP contribution < -0.4 is 10.6 Å². The Morgan fingerprint density at radius 2 is 1.56 bits per heavy atom. The van der Waals surface area contributed by atoms with Gasteiger partial charge < -0.3 is 10.6 Å². The average molecular weight is 340 g/mol. The molecule has 130 valence electrons. The molecule has 2 aromatic rings. The van der Waals surface area contributed by atoms with E-state index in [0.717, 1.165) is 24.0 Å². The molecule has 0 heterocycles. The quantitative estimate of drug-likeness (QED) is 0.814. The van der Waals surface area contributed by atoms with Crippen LogP contribution in [0.25, 0.3) is 0 Å². The Morgan fingerprint density at radius 1 is 0.920 bits per heavy atom. The van der Waals surface area contributed by atoms with Gasteiger partial charge >= 0.3 is 0 Å². The van der Waals surface area contributed by atoms with Gasteiger partial charge in [0.2, 0.25) is 5.91 Å². The van der Waals surface area contributed by atoms with E-state index in [-0.39, 0.29) is 23.5 Å². The highest BCUT2D eigenvalue weighted by Gasteiger charge is 2.29. The maximum Gasteiger partial charge on any atom is 0.251 e. The highest BCUT2D eigenvalue weighted by molar-refractivity contribution is 5.94. The van der Waals surface area contributed by atoms with Crippen molar-refractivity contribution in [3.8, 4) is 0 Å². The smallest absolute Gasteiger partial charge is 0.251 e. The largest absolute Gasteiger partial charge is 0.352 e. The van der Waals surface area contributed by atoms with Gasteiger partial charge in [0.05, 0.1) is 0 Å². The zero-order chi connectivity index (χ0) is 17.6. The third kappa shape index (κ3) is 5.14. The van der Waals surface area contributed by atoms with Gasteiger partial charge in [-0.15, -0.1) is 0 Å². The number of rotatable bonds is 7. The first-order valence-corrected chi connectivity index (χ1v) is 8.51.